The summed E-state index contributed by atoms with van der Waals surface area (Å²) in [7, 11) is 0. The monoisotopic (exact) mass is 313 g/mol. The number of halogens is 1. The van der Waals surface area contributed by atoms with E-state index in [1.807, 2.05) is 20.8 Å². The Balaban J connectivity index is 2.67. The normalized spacial score (nSPS) is 11.8. The van der Waals surface area contributed by atoms with Gasteiger partial charge in [-0.15, -0.1) is 11.3 Å². The lowest BCUT2D eigenvalue weighted by Gasteiger charge is -2.19. The van der Waals surface area contributed by atoms with E-state index in [0.717, 1.165) is 10.6 Å². The molecule has 0 aliphatic heterocycles. The zero-order chi connectivity index (χ0) is 12.6. The molecule has 1 N–H and O–H groups in total. The van der Waals surface area contributed by atoms with Crippen molar-refractivity contribution in [3.05, 3.63) is 32.2 Å². The first-order valence-corrected chi connectivity index (χ1v) is 6.76. The second kappa shape index (κ2) is 4.34. The fourth-order valence-corrected chi connectivity index (χ4v) is 2.75. The van der Waals surface area contributed by atoms with Crippen molar-refractivity contribution in [2.45, 2.75) is 26.2 Å². The van der Waals surface area contributed by atoms with Crippen LogP contribution in [0.5, 0.6) is 0 Å². The molecule has 0 bridgehead atoms. The maximum atomic E-state index is 11.8. The molecule has 0 amide bonds. The van der Waals surface area contributed by atoms with E-state index >= 15 is 0 Å². The highest BCUT2D eigenvalue weighted by atomic mass is 79.9. The molecule has 0 aromatic carbocycles. The molecule has 2 aromatic rings. The maximum Gasteiger partial charge on any atom is 0.265 e. The number of aromatic amines is 1. The summed E-state index contributed by atoms with van der Waals surface area (Å²) >= 11 is 4.75. The van der Waals surface area contributed by atoms with E-state index in [1.54, 1.807) is 11.7 Å². The summed E-state index contributed by atoms with van der Waals surface area (Å²) in [6.45, 7) is 6.07. The van der Waals surface area contributed by atoms with Crippen LogP contribution in [0.1, 0.15) is 26.5 Å². The lowest BCUT2D eigenvalue weighted by Crippen LogP contribution is -2.22. The molecule has 2 heterocycles. The van der Waals surface area contributed by atoms with Crippen molar-refractivity contribution in [1.29, 1.82) is 0 Å². The number of thiazole rings is 1. The van der Waals surface area contributed by atoms with Gasteiger partial charge in [0.1, 0.15) is 4.47 Å². The lowest BCUT2D eigenvalue weighted by atomic mass is 9.92. The zero-order valence-electron chi connectivity index (χ0n) is 9.74. The minimum Gasteiger partial charge on any atom is -0.305 e. The molecular weight excluding hydrogens is 302 g/mol. The van der Waals surface area contributed by atoms with Gasteiger partial charge in [0.2, 0.25) is 0 Å². The average molecular weight is 314 g/mol. The first-order valence-electron chi connectivity index (χ1n) is 5.09. The number of H-pyrrole nitrogens is 1. The summed E-state index contributed by atoms with van der Waals surface area (Å²) in [5.74, 6) is 0.575. The van der Waals surface area contributed by atoms with Crippen molar-refractivity contribution in [2.75, 3.05) is 0 Å². The molecule has 0 atom stereocenters. The second-order valence-corrected chi connectivity index (χ2v) is 6.37. The van der Waals surface area contributed by atoms with Gasteiger partial charge >= 0.3 is 0 Å². The van der Waals surface area contributed by atoms with Crippen LogP contribution in [0.25, 0.3) is 10.7 Å². The van der Waals surface area contributed by atoms with Crippen LogP contribution in [0, 0.1) is 0 Å². The fourth-order valence-electron chi connectivity index (χ4n) is 1.41. The average Bonchev–Trinajstić information content (AvgIpc) is 2.73. The van der Waals surface area contributed by atoms with Crippen LogP contribution in [0.4, 0.5) is 0 Å². The third kappa shape index (κ3) is 2.47. The topological polar surface area (TPSA) is 58.6 Å². The van der Waals surface area contributed by atoms with Crippen LogP contribution < -0.4 is 5.56 Å². The molecule has 0 aliphatic carbocycles. The van der Waals surface area contributed by atoms with E-state index in [4.69, 9.17) is 0 Å². The third-order valence-electron chi connectivity index (χ3n) is 2.24. The van der Waals surface area contributed by atoms with Crippen molar-refractivity contribution in [1.82, 2.24) is 15.0 Å². The summed E-state index contributed by atoms with van der Waals surface area (Å²) in [6.07, 6.45) is 1.70. The Morgan fingerprint density at radius 3 is 2.65 bits per heavy atom. The Labute approximate surface area is 111 Å². The van der Waals surface area contributed by atoms with Crippen LogP contribution in [0.15, 0.2) is 21.0 Å². The Bertz CT molecular complexity index is 584. The summed E-state index contributed by atoms with van der Waals surface area (Å²) in [6, 6.07) is 0. The van der Waals surface area contributed by atoms with Crippen LogP contribution in [0.2, 0.25) is 0 Å². The van der Waals surface area contributed by atoms with Gasteiger partial charge in [-0.05, 0) is 15.9 Å². The third-order valence-corrected chi connectivity index (χ3v) is 3.75. The standard InChI is InChI=1S/C11H12BrN3OS/c1-11(2,3)8-7(12)10(16)15-9(14-8)6-4-13-5-17-6/h4-5H,1-3H3,(H,14,15,16). The molecule has 0 aliphatic rings. The molecule has 0 saturated heterocycles. The fraction of sp³-hybridized carbons (Fsp3) is 0.364. The highest BCUT2D eigenvalue weighted by molar-refractivity contribution is 9.10. The Hall–Kier alpha value is -1.01. The largest absolute Gasteiger partial charge is 0.305 e. The Kier molecular flexibility index (Phi) is 3.18. The SMILES string of the molecule is CC(C)(C)c1nc(-c2cncs2)[nH]c(=O)c1Br. The summed E-state index contributed by atoms with van der Waals surface area (Å²) < 4.78 is 0.498. The summed E-state index contributed by atoms with van der Waals surface area (Å²) in [4.78, 5) is 24.0. The van der Waals surface area contributed by atoms with E-state index in [1.165, 1.54) is 11.3 Å². The minimum absolute atomic E-state index is 0.159. The highest BCUT2D eigenvalue weighted by Crippen LogP contribution is 2.27. The van der Waals surface area contributed by atoms with Crippen LogP contribution in [0.3, 0.4) is 0 Å². The molecule has 6 heteroatoms. The van der Waals surface area contributed by atoms with Gasteiger partial charge in [-0.3, -0.25) is 9.78 Å². The van der Waals surface area contributed by atoms with Gasteiger partial charge < -0.3 is 4.98 Å². The van der Waals surface area contributed by atoms with E-state index in [-0.39, 0.29) is 11.0 Å². The lowest BCUT2D eigenvalue weighted by molar-refractivity contribution is 0.562. The quantitative estimate of drug-likeness (QED) is 0.880. The predicted octanol–water partition coefficient (Wildman–Crippen LogP) is 2.95. The van der Waals surface area contributed by atoms with Gasteiger partial charge in [0.05, 0.1) is 16.1 Å². The first-order chi connectivity index (χ1) is 7.89. The molecule has 2 rings (SSSR count). The molecule has 90 valence electrons. The number of hydrogen-bond donors (Lipinski definition) is 1. The molecule has 0 spiro atoms. The molecule has 0 fully saturated rings. The van der Waals surface area contributed by atoms with Crippen molar-refractivity contribution in [3.63, 3.8) is 0 Å². The minimum atomic E-state index is -0.188. The number of nitrogens with zero attached hydrogens (tertiary/aromatic N) is 2. The molecule has 17 heavy (non-hydrogen) atoms. The van der Waals surface area contributed by atoms with Crippen molar-refractivity contribution in [2.24, 2.45) is 0 Å². The molecule has 0 radical (unpaired) electrons. The zero-order valence-corrected chi connectivity index (χ0v) is 12.1. The summed E-state index contributed by atoms with van der Waals surface area (Å²) in [5.41, 5.74) is 2.12. The van der Waals surface area contributed by atoms with E-state index < -0.39 is 0 Å². The number of nitrogens with one attached hydrogen (secondary N) is 1. The van der Waals surface area contributed by atoms with Gasteiger partial charge in [-0.1, -0.05) is 20.8 Å². The van der Waals surface area contributed by atoms with E-state index in [0.29, 0.717) is 10.3 Å². The number of hydrogen-bond acceptors (Lipinski definition) is 4. The van der Waals surface area contributed by atoms with Gasteiger partial charge in [0.25, 0.3) is 5.56 Å². The predicted molar refractivity (Wildman–Crippen MR) is 72.4 cm³/mol. The summed E-state index contributed by atoms with van der Waals surface area (Å²) in [5, 5.41) is 0. The van der Waals surface area contributed by atoms with Crippen LogP contribution in [-0.2, 0) is 5.41 Å². The van der Waals surface area contributed by atoms with Crippen LogP contribution in [-0.4, -0.2) is 15.0 Å². The van der Waals surface area contributed by atoms with E-state index in [9.17, 15) is 4.79 Å². The van der Waals surface area contributed by atoms with Crippen LogP contribution >= 0.6 is 27.3 Å². The first kappa shape index (κ1) is 12.4. The van der Waals surface area contributed by atoms with Crippen molar-refractivity contribution in [3.8, 4) is 10.7 Å². The van der Waals surface area contributed by atoms with E-state index in [2.05, 4.69) is 30.9 Å². The van der Waals surface area contributed by atoms with Gasteiger partial charge in [-0.25, -0.2) is 4.98 Å². The van der Waals surface area contributed by atoms with Crippen molar-refractivity contribution >= 4 is 27.3 Å². The molecule has 0 unspecified atom stereocenters. The van der Waals surface area contributed by atoms with Crippen molar-refractivity contribution < 1.29 is 0 Å². The molecular formula is C11H12BrN3OS. The van der Waals surface area contributed by atoms with Gasteiger partial charge in [0.15, 0.2) is 5.82 Å². The van der Waals surface area contributed by atoms with Gasteiger partial charge in [-0.2, -0.15) is 0 Å². The molecule has 2 aromatic heterocycles. The second-order valence-electron chi connectivity index (χ2n) is 4.69. The molecule has 4 nitrogen and oxygen atoms in total. The highest BCUT2D eigenvalue weighted by Gasteiger charge is 2.22. The maximum absolute atomic E-state index is 11.8. The number of rotatable bonds is 1. The van der Waals surface area contributed by atoms with Gasteiger partial charge in [0, 0.05) is 11.6 Å². The smallest absolute Gasteiger partial charge is 0.265 e. The Morgan fingerprint density at radius 1 is 1.41 bits per heavy atom. The Morgan fingerprint density at radius 2 is 2.12 bits per heavy atom. The molecule has 0 saturated carbocycles. The number of aromatic nitrogens is 3.